The summed E-state index contributed by atoms with van der Waals surface area (Å²) in [6.07, 6.45) is 1.49. The highest BCUT2D eigenvalue weighted by Gasteiger charge is 2.25. The lowest BCUT2D eigenvalue weighted by Crippen LogP contribution is -2.35. The average molecular weight is 437 g/mol. The highest BCUT2D eigenvalue weighted by Crippen LogP contribution is 2.31. The maximum Gasteiger partial charge on any atom is 0.261 e. The quantitative estimate of drug-likeness (QED) is 0.643. The van der Waals surface area contributed by atoms with Crippen LogP contribution in [0.2, 0.25) is 0 Å². The minimum atomic E-state index is -3.78. The summed E-state index contributed by atoms with van der Waals surface area (Å²) < 4.78 is 33.6. The van der Waals surface area contributed by atoms with Crippen LogP contribution in [0, 0.1) is 6.92 Å². The molecule has 0 unspecified atom stereocenters. The van der Waals surface area contributed by atoms with Crippen molar-refractivity contribution in [1.29, 1.82) is 0 Å². The van der Waals surface area contributed by atoms with Gasteiger partial charge in [0.2, 0.25) is 0 Å². The number of sulfonamides is 1. The topological polar surface area (TPSA) is 75.7 Å². The number of amides is 1. The van der Waals surface area contributed by atoms with Gasteiger partial charge in [0.15, 0.2) is 0 Å². The molecule has 0 spiro atoms. The predicted molar refractivity (Wildman–Crippen MR) is 121 cm³/mol. The number of nitrogens with one attached hydrogen (secondary N) is 1. The molecule has 0 saturated carbocycles. The summed E-state index contributed by atoms with van der Waals surface area (Å²) in [5.74, 6) is 0.488. The van der Waals surface area contributed by atoms with Crippen molar-refractivity contribution in [3.05, 3.63) is 83.4 Å². The number of benzene rings is 3. The third kappa shape index (κ3) is 4.41. The van der Waals surface area contributed by atoms with E-state index in [1.165, 1.54) is 7.11 Å². The molecule has 0 atom stereocenters. The van der Waals surface area contributed by atoms with Gasteiger partial charge in [0, 0.05) is 23.9 Å². The molecule has 160 valence electrons. The van der Waals surface area contributed by atoms with Crippen LogP contribution in [-0.2, 0) is 16.4 Å². The Kier molecular flexibility index (Phi) is 5.69. The van der Waals surface area contributed by atoms with E-state index in [1.54, 1.807) is 47.4 Å². The van der Waals surface area contributed by atoms with Crippen molar-refractivity contribution in [3.63, 3.8) is 0 Å². The van der Waals surface area contributed by atoms with E-state index in [2.05, 4.69) is 4.72 Å². The lowest BCUT2D eigenvalue weighted by molar-refractivity contribution is 0.0985. The molecule has 0 saturated heterocycles. The summed E-state index contributed by atoms with van der Waals surface area (Å²) in [6, 6.07) is 19.2. The Bertz CT molecular complexity index is 1220. The molecule has 3 aromatic carbocycles. The summed E-state index contributed by atoms with van der Waals surface area (Å²) in [4.78, 5) is 14.9. The second kappa shape index (κ2) is 8.43. The number of carbonyl (C=O) groups is 1. The number of hydrogen-bond acceptors (Lipinski definition) is 4. The summed E-state index contributed by atoms with van der Waals surface area (Å²) in [6.45, 7) is 2.58. The zero-order valence-corrected chi connectivity index (χ0v) is 18.3. The minimum Gasteiger partial charge on any atom is -0.497 e. The molecule has 1 N–H and O–H groups in total. The highest BCUT2D eigenvalue weighted by atomic mass is 32.2. The van der Waals surface area contributed by atoms with Crippen LogP contribution in [0.15, 0.2) is 71.6 Å². The van der Waals surface area contributed by atoms with Crippen LogP contribution in [0.1, 0.15) is 27.9 Å². The van der Waals surface area contributed by atoms with Gasteiger partial charge in [0.05, 0.1) is 17.7 Å². The van der Waals surface area contributed by atoms with E-state index in [-0.39, 0.29) is 10.8 Å². The van der Waals surface area contributed by atoms with Crippen molar-refractivity contribution >= 4 is 27.3 Å². The van der Waals surface area contributed by atoms with Crippen LogP contribution in [0.5, 0.6) is 5.75 Å². The van der Waals surface area contributed by atoms with Crippen LogP contribution in [0.25, 0.3) is 0 Å². The molecule has 0 bridgehead atoms. The van der Waals surface area contributed by atoms with Gasteiger partial charge in [0.25, 0.3) is 15.9 Å². The van der Waals surface area contributed by atoms with E-state index in [9.17, 15) is 13.2 Å². The third-order valence-electron chi connectivity index (χ3n) is 5.35. The van der Waals surface area contributed by atoms with E-state index < -0.39 is 10.0 Å². The van der Waals surface area contributed by atoms with Gasteiger partial charge in [-0.1, -0.05) is 23.8 Å². The van der Waals surface area contributed by atoms with Gasteiger partial charge >= 0.3 is 0 Å². The van der Waals surface area contributed by atoms with E-state index in [0.717, 1.165) is 29.7 Å². The summed E-state index contributed by atoms with van der Waals surface area (Å²) >= 11 is 0. The van der Waals surface area contributed by atoms with Gasteiger partial charge in [-0.15, -0.1) is 0 Å². The van der Waals surface area contributed by atoms with Crippen molar-refractivity contribution in [2.75, 3.05) is 23.3 Å². The molecule has 0 aliphatic carbocycles. The SMILES string of the molecule is COc1cccc(NS(=O)(=O)c2ccc3c(c2)CCCN3C(=O)c2ccc(C)cc2)c1. The Balaban J connectivity index is 1.61. The van der Waals surface area contributed by atoms with Crippen LogP contribution >= 0.6 is 0 Å². The number of carbonyl (C=O) groups excluding carboxylic acids is 1. The van der Waals surface area contributed by atoms with Gasteiger partial charge in [-0.25, -0.2) is 8.42 Å². The lowest BCUT2D eigenvalue weighted by Gasteiger charge is -2.30. The largest absolute Gasteiger partial charge is 0.497 e. The second-order valence-electron chi connectivity index (χ2n) is 7.55. The van der Waals surface area contributed by atoms with Gasteiger partial charge in [0.1, 0.15) is 5.75 Å². The maximum atomic E-state index is 13.0. The van der Waals surface area contributed by atoms with Crippen molar-refractivity contribution in [2.24, 2.45) is 0 Å². The zero-order chi connectivity index (χ0) is 22.0. The van der Waals surface area contributed by atoms with Gasteiger partial charge in [-0.3, -0.25) is 9.52 Å². The Hall–Kier alpha value is -3.32. The van der Waals surface area contributed by atoms with Crippen molar-refractivity contribution in [3.8, 4) is 5.75 Å². The van der Waals surface area contributed by atoms with Gasteiger partial charge in [-0.2, -0.15) is 0 Å². The first-order chi connectivity index (χ1) is 14.9. The Labute approximate surface area is 182 Å². The molecule has 1 heterocycles. The maximum absolute atomic E-state index is 13.0. The first-order valence-electron chi connectivity index (χ1n) is 10.1. The number of hydrogen-bond donors (Lipinski definition) is 1. The van der Waals surface area contributed by atoms with E-state index in [0.29, 0.717) is 23.5 Å². The third-order valence-corrected chi connectivity index (χ3v) is 6.72. The molecular weight excluding hydrogens is 412 g/mol. The fraction of sp³-hybridized carbons (Fsp3) is 0.208. The molecular formula is C24H24N2O4S. The molecule has 6 nitrogen and oxygen atoms in total. The van der Waals surface area contributed by atoms with Crippen molar-refractivity contribution in [2.45, 2.75) is 24.7 Å². The van der Waals surface area contributed by atoms with Gasteiger partial charge in [-0.05, 0) is 67.8 Å². The predicted octanol–water partition coefficient (Wildman–Crippen LogP) is 4.40. The fourth-order valence-corrected chi connectivity index (χ4v) is 4.80. The number of anilines is 2. The molecule has 4 rings (SSSR count). The molecule has 7 heteroatoms. The zero-order valence-electron chi connectivity index (χ0n) is 17.5. The number of methoxy groups -OCH3 is 1. The number of aryl methyl sites for hydroxylation is 2. The first kappa shape index (κ1) is 20.9. The summed E-state index contributed by atoms with van der Waals surface area (Å²) in [7, 11) is -2.25. The standard InChI is InChI=1S/C24H24N2O4S/c1-17-8-10-18(11-9-17)24(27)26-14-4-5-19-15-22(12-13-23(19)26)31(28,29)25-20-6-3-7-21(16-20)30-2/h3,6-13,15-16,25H,4-5,14H2,1-2H3. The van der Waals surface area contributed by atoms with Crippen LogP contribution in [0.3, 0.4) is 0 Å². The number of nitrogens with zero attached hydrogens (tertiary/aromatic N) is 1. The Morgan fingerprint density at radius 2 is 1.81 bits per heavy atom. The number of rotatable bonds is 5. The number of ether oxygens (including phenoxy) is 1. The molecule has 31 heavy (non-hydrogen) atoms. The Morgan fingerprint density at radius 3 is 2.55 bits per heavy atom. The smallest absolute Gasteiger partial charge is 0.261 e. The van der Waals surface area contributed by atoms with E-state index in [1.807, 2.05) is 31.2 Å². The molecule has 1 aliphatic heterocycles. The van der Waals surface area contributed by atoms with E-state index in [4.69, 9.17) is 4.74 Å². The van der Waals surface area contributed by atoms with Crippen LogP contribution < -0.4 is 14.4 Å². The molecule has 0 fully saturated rings. The molecule has 3 aromatic rings. The summed E-state index contributed by atoms with van der Waals surface area (Å²) in [5, 5.41) is 0. The van der Waals surface area contributed by atoms with Crippen molar-refractivity contribution in [1.82, 2.24) is 0 Å². The van der Waals surface area contributed by atoms with Crippen LogP contribution in [-0.4, -0.2) is 28.0 Å². The average Bonchev–Trinajstić information content (AvgIpc) is 2.78. The van der Waals surface area contributed by atoms with Gasteiger partial charge < -0.3 is 9.64 Å². The molecule has 1 aliphatic rings. The Morgan fingerprint density at radius 1 is 1.03 bits per heavy atom. The highest BCUT2D eigenvalue weighted by molar-refractivity contribution is 7.92. The monoisotopic (exact) mass is 436 g/mol. The van der Waals surface area contributed by atoms with Crippen LogP contribution in [0.4, 0.5) is 11.4 Å². The molecule has 0 radical (unpaired) electrons. The normalized spacial score (nSPS) is 13.4. The summed E-state index contributed by atoms with van der Waals surface area (Å²) in [5.41, 5.74) is 3.74. The second-order valence-corrected chi connectivity index (χ2v) is 9.24. The van der Waals surface area contributed by atoms with E-state index >= 15 is 0 Å². The number of fused-ring (bicyclic) bond motifs is 1. The molecule has 1 amide bonds. The van der Waals surface area contributed by atoms with Crippen molar-refractivity contribution < 1.29 is 17.9 Å². The molecule has 0 aromatic heterocycles. The lowest BCUT2D eigenvalue weighted by atomic mass is 10.0. The fourth-order valence-electron chi connectivity index (χ4n) is 3.70. The first-order valence-corrected chi connectivity index (χ1v) is 11.5. The minimum absolute atomic E-state index is 0.0777.